The SMILES string of the molecule is C#COOOOOOOOOOCCCCCCCCCCCCCCCCCCCCCNCCCCC(=O)O. The summed E-state index contributed by atoms with van der Waals surface area (Å²) >= 11 is 0. The lowest BCUT2D eigenvalue weighted by atomic mass is 10.0. The third-order valence-electron chi connectivity index (χ3n) is 6.40. The molecule has 0 aromatic carbocycles. The second-order valence-electron chi connectivity index (χ2n) is 9.89. The van der Waals surface area contributed by atoms with E-state index in [2.05, 4.69) is 56.9 Å². The van der Waals surface area contributed by atoms with Crippen molar-refractivity contribution >= 4 is 5.97 Å². The van der Waals surface area contributed by atoms with E-state index in [4.69, 9.17) is 9.99 Å². The van der Waals surface area contributed by atoms with Crippen LogP contribution in [0.25, 0.3) is 0 Å². The minimum absolute atomic E-state index is 0.284. The van der Waals surface area contributed by atoms with Crippen LogP contribution in [0.2, 0.25) is 0 Å². The second-order valence-corrected chi connectivity index (χ2v) is 9.89. The van der Waals surface area contributed by atoms with Gasteiger partial charge in [0, 0.05) is 26.6 Å². The molecule has 0 radical (unpaired) electrons. The molecule has 0 saturated heterocycles. The Morgan fingerprint density at radius 2 is 0.878 bits per heavy atom. The molecule has 0 unspecified atom stereocenters. The summed E-state index contributed by atoms with van der Waals surface area (Å²) in [6.45, 7) is 2.34. The number of terminal acetylenes is 1. The van der Waals surface area contributed by atoms with Crippen LogP contribution in [-0.4, -0.2) is 30.8 Å². The Bertz CT molecular complexity index is 565. The fourth-order valence-corrected chi connectivity index (χ4v) is 4.22. The van der Waals surface area contributed by atoms with Crippen LogP contribution in [0.15, 0.2) is 0 Å². The Balaban J connectivity index is 3.03. The van der Waals surface area contributed by atoms with Gasteiger partial charge in [-0.05, 0) is 58.9 Å². The highest BCUT2D eigenvalue weighted by Crippen LogP contribution is 2.14. The van der Waals surface area contributed by atoms with Crippen LogP contribution in [0.1, 0.15) is 141 Å². The molecule has 13 heteroatoms. The Hall–Kier alpha value is -1.57. The summed E-state index contributed by atoms with van der Waals surface area (Å²) in [5, 5.41) is 42.8. The zero-order chi connectivity index (χ0) is 29.7. The zero-order valence-electron chi connectivity index (χ0n) is 24.7. The predicted octanol–water partition coefficient (Wildman–Crippen LogP) is 7.23. The average molecular weight is 596 g/mol. The van der Waals surface area contributed by atoms with E-state index in [1.165, 1.54) is 103 Å². The van der Waals surface area contributed by atoms with Crippen LogP contribution in [0.3, 0.4) is 0 Å². The van der Waals surface area contributed by atoms with Crippen molar-refractivity contribution in [3.8, 4) is 12.5 Å². The van der Waals surface area contributed by atoms with E-state index in [0.717, 1.165) is 45.2 Å². The third kappa shape index (κ3) is 38.4. The van der Waals surface area contributed by atoms with E-state index in [0.29, 0.717) is 6.61 Å². The molecule has 0 rings (SSSR count). The summed E-state index contributed by atoms with van der Waals surface area (Å²) in [4.78, 5) is 19.0. The number of unbranched alkanes of at least 4 members (excludes halogenated alkanes) is 19. The average Bonchev–Trinajstić information content (AvgIpc) is 2.97. The molecular formula is C28H53NO12. The fourth-order valence-electron chi connectivity index (χ4n) is 4.22. The highest BCUT2D eigenvalue weighted by Gasteiger charge is 1.99. The molecule has 0 aliphatic rings. The molecule has 0 atom stereocenters. The number of nitrogens with one attached hydrogen (secondary N) is 1. The van der Waals surface area contributed by atoms with E-state index in [9.17, 15) is 4.79 Å². The molecule has 0 aromatic heterocycles. The molecular weight excluding hydrogens is 542 g/mol. The van der Waals surface area contributed by atoms with Gasteiger partial charge in [0.05, 0.1) is 6.61 Å². The van der Waals surface area contributed by atoms with Gasteiger partial charge in [-0.15, -0.1) is 0 Å². The van der Waals surface area contributed by atoms with Gasteiger partial charge in [-0.1, -0.05) is 116 Å². The van der Waals surface area contributed by atoms with Crippen molar-refractivity contribution in [3.63, 3.8) is 0 Å². The summed E-state index contributed by atoms with van der Waals surface area (Å²) in [5.41, 5.74) is 0. The fraction of sp³-hybridized carbons (Fsp3) is 0.893. The Morgan fingerprint density at radius 1 is 0.512 bits per heavy atom. The van der Waals surface area contributed by atoms with E-state index in [-0.39, 0.29) is 6.42 Å². The quantitative estimate of drug-likeness (QED) is 0.0326. The molecule has 0 aromatic rings. The normalized spacial score (nSPS) is 11.1. The highest BCUT2D eigenvalue weighted by molar-refractivity contribution is 5.66. The van der Waals surface area contributed by atoms with Crippen molar-refractivity contribution in [2.45, 2.75) is 141 Å². The smallest absolute Gasteiger partial charge is 0.303 e. The van der Waals surface area contributed by atoms with Crippen molar-refractivity contribution in [2.24, 2.45) is 0 Å². The van der Waals surface area contributed by atoms with Crippen molar-refractivity contribution in [3.05, 3.63) is 0 Å². The molecule has 0 heterocycles. The predicted molar refractivity (Wildman–Crippen MR) is 147 cm³/mol. The summed E-state index contributed by atoms with van der Waals surface area (Å²) in [5.74, 6) is -0.696. The molecule has 13 nitrogen and oxygen atoms in total. The van der Waals surface area contributed by atoms with Crippen LogP contribution < -0.4 is 5.32 Å². The molecule has 2 N–H and O–H groups in total. The molecule has 41 heavy (non-hydrogen) atoms. The molecule has 0 saturated carbocycles. The van der Waals surface area contributed by atoms with Gasteiger partial charge in [0.15, 0.2) is 6.11 Å². The first-order valence-electron chi connectivity index (χ1n) is 15.3. The summed E-state index contributed by atoms with van der Waals surface area (Å²) in [6, 6.07) is 0. The van der Waals surface area contributed by atoms with Crippen molar-refractivity contribution < 1.29 is 60.0 Å². The lowest BCUT2D eigenvalue weighted by molar-refractivity contribution is -0.842. The van der Waals surface area contributed by atoms with Gasteiger partial charge >= 0.3 is 5.97 Å². The van der Waals surface area contributed by atoms with Gasteiger partial charge in [0.2, 0.25) is 0 Å². The molecule has 0 aliphatic heterocycles. The Labute approximate surface area is 245 Å². The maximum atomic E-state index is 10.4. The number of carboxylic acid groups (broad SMARTS) is 1. The first kappa shape index (κ1) is 39.4. The summed E-state index contributed by atoms with van der Waals surface area (Å²) in [6.07, 6.45) is 32.7. The van der Waals surface area contributed by atoms with Gasteiger partial charge in [0.25, 0.3) is 0 Å². The van der Waals surface area contributed by atoms with Gasteiger partial charge < -0.3 is 10.4 Å². The maximum absolute atomic E-state index is 10.4. The third-order valence-corrected chi connectivity index (χ3v) is 6.40. The van der Waals surface area contributed by atoms with E-state index in [1.807, 2.05) is 0 Å². The van der Waals surface area contributed by atoms with Crippen LogP contribution in [0, 0.1) is 12.5 Å². The van der Waals surface area contributed by atoms with Gasteiger partial charge in [-0.2, -0.15) is 0 Å². The summed E-state index contributed by atoms with van der Waals surface area (Å²) in [7, 11) is 0. The molecule has 0 spiro atoms. The first-order chi connectivity index (χ1) is 20.3. The van der Waals surface area contributed by atoms with Crippen LogP contribution in [0.4, 0.5) is 0 Å². The van der Waals surface area contributed by atoms with Gasteiger partial charge in [0.1, 0.15) is 0 Å². The Morgan fingerprint density at radius 3 is 1.32 bits per heavy atom. The summed E-state index contributed by atoms with van der Waals surface area (Å²) < 4.78 is 0. The van der Waals surface area contributed by atoms with Crippen molar-refractivity contribution in [1.29, 1.82) is 0 Å². The highest BCUT2D eigenvalue weighted by atomic mass is 17.9. The number of hydrogen-bond donors (Lipinski definition) is 2. The number of carboxylic acids is 1. The molecule has 0 bridgehead atoms. The lowest BCUT2D eigenvalue weighted by Crippen LogP contribution is -2.16. The van der Waals surface area contributed by atoms with Gasteiger partial charge in [-0.25, -0.2) is 4.89 Å². The van der Waals surface area contributed by atoms with Crippen LogP contribution in [-0.2, 0) is 54.9 Å². The lowest BCUT2D eigenvalue weighted by Gasteiger charge is -2.05. The minimum atomic E-state index is -0.696. The zero-order valence-corrected chi connectivity index (χ0v) is 24.7. The Kier molecular flexibility index (Phi) is 35.1. The van der Waals surface area contributed by atoms with E-state index >= 15 is 0 Å². The van der Waals surface area contributed by atoms with E-state index < -0.39 is 5.97 Å². The van der Waals surface area contributed by atoms with E-state index in [1.54, 1.807) is 6.11 Å². The number of aliphatic carboxylic acids is 1. The first-order valence-corrected chi connectivity index (χ1v) is 15.3. The molecule has 0 fully saturated rings. The van der Waals surface area contributed by atoms with Crippen molar-refractivity contribution in [1.82, 2.24) is 5.32 Å². The topological polar surface area (TPSA) is 142 Å². The number of rotatable bonds is 36. The van der Waals surface area contributed by atoms with Crippen molar-refractivity contribution in [2.75, 3.05) is 19.7 Å². The van der Waals surface area contributed by atoms with Crippen LogP contribution in [0.5, 0.6) is 0 Å². The minimum Gasteiger partial charge on any atom is -0.481 e. The molecule has 0 amide bonds. The van der Waals surface area contributed by atoms with Crippen LogP contribution >= 0.6 is 0 Å². The number of hydrogen-bond acceptors (Lipinski definition) is 12. The standard InChI is InChI=1S/C28H53NO12/c1-2-32-34-36-38-40-41-39-37-35-33-27-23-19-17-15-13-11-9-7-5-3-4-6-8-10-12-14-16-18-21-25-29-26-22-20-24-28(30)31/h1,29H,3-27H2,(H,30,31). The molecule has 0 aliphatic carbocycles. The second kappa shape index (κ2) is 36.5. The van der Waals surface area contributed by atoms with Gasteiger partial charge in [-0.3, -0.25) is 9.68 Å². The number of carbonyl (C=O) groups is 1. The maximum Gasteiger partial charge on any atom is 0.303 e. The molecule has 242 valence electrons. The largest absolute Gasteiger partial charge is 0.481 e. The monoisotopic (exact) mass is 595 g/mol.